The Morgan fingerprint density at radius 2 is 2.07 bits per heavy atom. The summed E-state index contributed by atoms with van der Waals surface area (Å²) in [6, 6.07) is 5.48. The number of aromatic hydroxyl groups is 1. The maximum atomic E-state index is 9.73. The monoisotopic (exact) mass is 209 g/mol. The fraction of sp³-hybridized carbons (Fsp3) is 0.500. The Hall–Kier alpha value is -1.22. The molecule has 1 aromatic carbocycles. The van der Waals surface area contributed by atoms with E-state index < -0.39 is 0 Å². The average molecular weight is 209 g/mol. The Morgan fingerprint density at radius 1 is 1.33 bits per heavy atom. The Balaban J connectivity index is 2.70. The van der Waals surface area contributed by atoms with Crippen LogP contribution in [0.1, 0.15) is 18.9 Å². The summed E-state index contributed by atoms with van der Waals surface area (Å²) >= 11 is 0. The maximum absolute atomic E-state index is 9.73. The van der Waals surface area contributed by atoms with Crippen molar-refractivity contribution in [2.75, 3.05) is 20.7 Å². The molecule has 0 aliphatic rings. The van der Waals surface area contributed by atoms with Crippen molar-refractivity contribution >= 4 is 0 Å². The van der Waals surface area contributed by atoms with Crippen LogP contribution in [0.2, 0.25) is 0 Å². The molecule has 15 heavy (non-hydrogen) atoms. The second-order valence-electron chi connectivity index (χ2n) is 3.88. The largest absolute Gasteiger partial charge is 0.507 e. The third-order valence-electron chi connectivity index (χ3n) is 2.02. The Bertz CT molecular complexity index is 310. The van der Waals surface area contributed by atoms with Crippen LogP contribution in [0, 0.1) is 0 Å². The molecule has 0 aromatic heterocycles. The van der Waals surface area contributed by atoms with Gasteiger partial charge in [0.05, 0.1) is 6.61 Å². The van der Waals surface area contributed by atoms with E-state index in [0.717, 1.165) is 24.3 Å². The molecule has 1 aromatic rings. The van der Waals surface area contributed by atoms with Gasteiger partial charge in [-0.2, -0.15) is 0 Å². The number of hydrogen-bond acceptors (Lipinski definition) is 3. The third-order valence-corrected chi connectivity index (χ3v) is 2.02. The first kappa shape index (κ1) is 11.9. The van der Waals surface area contributed by atoms with Crippen molar-refractivity contribution < 1.29 is 9.84 Å². The number of hydrogen-bond donors (Lipinski definition) is 1. The second kappa shape index (κ2) is 5.61. The van der Waals surface area contributed by atoms with E-state index in [4.69, 9.17) is 4.74 Å². The molecule has 0 amide bonds. The minimum absolute atomic E-state index is 0.303. The fourth-order valence-electron chi connectivity index (χ4n) is 1.33. The Kier molecular flexibility index (Phi) is 4.43. The van der Waals surface area contributed by atoms with E-state index in [1.807, 2.05) is 31.1 Å². The van der Waals surface area contributed by atoms with Crippen molar-refractivity contribution in [3.8, 4) is 11.5 Å². The second-order valence-corrected chi connectivity index (χ2v) is 3.88. The lowest BCUT2D eigenvalue weighted by molar-refractivity contribution is 0.314. The molecule has 0 saturated carbocycles. The zero-order valence-electron chi connectivity index (χ0n) is 9.66. The van der Waals surface area contributed by atoms with Gasteiger partial charge in [0.1, 0.15) is 11.5 Å². The van der Waals surface area contributed by atoms with Crippen molar-refractivity contribution in [1.29, 1.82) is 0 Å². The smallest absolute Gasteiger partial charge is 0.123 e. The number of phenolic OH excluding ortho intramolecular Hbond substituents is 1. The van der Waals surface area contributed by atoms with Crippen molar-refractivity contribution in [1.82, 2.24) is 4.90 Å². The summed E-state index contributed by atoms with van der Waals surface area (Å²) in [7, 11) is 3.95. The molecule has 0 spiro atoms. The first-order valence-electron chi connectivity index (χ1n) is 5.23. The highest BCUT2D eigenvalue weighted by Crippen LogP contribution is 2.24. The predicted molar refractivity (Wildman–Crippen MR) is 61.3 cm³/mol. The predicted octanol–water partition coefficient (Wildman–Crippen LogP) is 2.24. The summed E-state index contributed by atoms with van der Waals surface area (Å²) in [4.78, 5) is 2.02. The quantitative estimate of drug-likeness (QED) is 0.807. The molecule has 0 aliphatic carbocycles. The summed E-state index contributed by atoms with van der Waals surface area (Å²) in [5.41, 5.74) is 0.920. The Morgan fingerprint density at radius 3 is 2.60 bits per heavy atom. The number of phenols is 1. The molecule has 0 fully saturated rings. The number of ether oxygens (including phenoxy) is 1. The van der Waals surface area contributed by atoms with E-state index in [-0.39, 0.29) is 0 Å². The molecular formula is C12H19NO2. The lowest BCUT2D eigenvalue weighted by atomic mass is 10.2. The van der Waals surface area contributed by atoms with E-state index in [9.17, 15) is 5.11 Å². The van der Waals surface area contributed by atoms with E-state index in [1.165, 1.54) is 0 Å². The number of rotatable bonds is 5. The van der Waals surface area contributed by atoms with Gasteiger partial charge in [0.25, 0.3) is 0 Å². The van der Waals surface area contributed by atoms with Crippen molar-refractivity contribution in [2.24, 2.45) is 0 Å². The molecule has 3 nitrogen and oxygen atoms in total. The summed E-state index contributed by atoms with van der Waals surface area (Å²) in [6.45, 7) is 3.48. The molecule has 84 valence electrons. The van der Waals surface area contributed by atoms with Gasteiger partial charge in [0, 0.05) is 18.2 Å². The van der Waals surface area contributed by atoms with Gasteiger partial charge in [0.15, 0.2) is 0 Å². The molecule has 0 radical (unpaired) electrons. The molecule has 0 bridgehead atoms. The van der Waals surface area contributed by atoms with Gasteiger partial charge in [-0.25, -0.2) is 0 Å². The average Bonchev–Trinajstić information content (AvgIpc) is 2.18. The molecule has 1 N–H and O–H groups in total. The maximum Gasteiger partial charge on any atom is 0.123 e. The lowest BCUT2D eigenvalue weighted by Gasteiger charge is -2.12. The van der Waals surface area contributed by atoms with Gasteiger partial charge < -0.3 is 14.7 Å². The first-order chi connectivity index (χ1) is 7.13. The molecule has 0 heterocycles. The van der Waals surface area contributed by atoms with Crippen molar-refractivity contribution in [3.05, 3.63) is 23.8 Å². The highest BCUT2D eigenvalue weighted by atomic mass is 16.5. The zero-order valence-corrected chi connectivity index (χ0v) is 9.66. The highest BCUT2D eigenvalue weighted by molar-refractivity contribution is 5.39. The van der Waals surface area contributed by atoms with Crippen LogP contribution in [0.5, 0.6) is 11.5 Å². The van der Waals surface area contributed by atoms with E-state index >= 15 is 0 Å². The van der Waals surface area contributed by atoms with Crippen LogP contribution in [0.25, 0.3) is 0 Å². The van der Waals surface area contributed by atoms with Crippen LogP contribution in [-0.2, 0) is 6.54 Å². The highest BCUT2D eigenvalue weighted by Gasteiger charge is 2.04. The molecular weight excluding hydrogens is 190 g/mol. The van der Waals surface area contributed by atoms with E-state index in [2.05, 4.69) is 6.92 Å². The summed E-state index contributed by atoms with van der Waals surface area (Å²) in [5.74, 6) is 1.04. The van der Waals surface area contributed by atoms with E-state index in [0.29, 0.717) is 12.4 Å². The van der Waals surface area contributed by atoms with Crippen LogP contribution < -0.4 is 4.74 Å². The minimum atomic E-state index is 0.303. The van der Waals surface area contributed by atoms with Crippen molar-refractivity contribution in [3.63, 3.8) is 0 Å². The number of benzene rings is 1. The van der Waals surface area contributed by atoms with Gasteiger partial charge in [-0.15, -0.1) is 0 Å². The molecule has 0 aliphatic heterocycles. The molecule has 0 atom stereocenters. The standard InChI is InChI=1S/C12H19NO2/c1-4-7-15-11-6-5-10(9-13(2)3)12(14)8-11/h5-6,8,14H,4,7,9H2,1-3H3. The minimum Gasteiger partial charge on any atom is -0.507 e. The SMILES string of the molecule is CCCOc1ccc(CN(C)C)c(O)c1. The fourth-order valence-corrected chi connectivity index (χ4v) is 1.33. The molecule has 1 rings (SSSR count). The summed E-state index contributed by atoms with van der Waals surface area (Å²) in [6.07, 6.45) is 0.972. The van der Waals surface area contributed by atoms with Crippen LogP contribution in [0.4, 0.5) is 0 Å². The van der Waals surface area contributed by atoms with Gasteiger partial charge >= 0.3 is 0 Å². The molecule has 3 heteroatoms. The van der Waals surface area contributed by atoms with Crippen LogP contribution in [0.3, 0.4) is 0 Å². The number of nitrogens with zero attached hydrogens (tertiary/aromatic N) is 1. The molecule has 0 unspecified atom stereocenters. The van der Waals surface area contributed by atoms with E-state index in [1.54, 1.807) is 6.07 Å². The normalized spacial score (nSPS) is 10.7. The third kappa shape index (κ3) is 3.80. The topological polar surface area (TPSA) is 32.7 Å². The van der Waals surface area contributed by atoms with Crippen LogP contribution in [0.15, 0.2) is 18.2 Å². The van der Waals surface area contributed by atoms with Gasteiger partial charge in [-0.3, -0.25) is 0 Å². The van der Waals surface area contributed by atoms with Gasteiger partial charge in [-0.05, 0) is 26.6 Å². The van der Waals surface area contributed by atoms with Gasteiger partial charge in [-0.1, -0.05) is 13.0 Å². The summed E-state index contributed by atoms with van der Waals surface area (Å²) in [5, 5.41) is 9.73. The Labute approximate surface area is 91.3 Å². The molecule has 0 saturated heterocycles. The zero-order chi connectivity index (χ0) is 11.3. The lowest BCUT2D eigenvalue weighted by Crippen LogP contribution is -2.10. The van der Waals surface area contributed by atoms with Gasteiger partial charge in [0.2, 0.25) is 0 Å². The first-order valence-corrected chi connectivity index (χ1v) is 5.23. The van der Waals surface area contributed by atoms with Crippen LogP contribution in [-0.4, -0.2) is 30.7 Å². The summed E-state index contributed by atoms with van der Waals surface area (Å²) < 4.78 is 5.42. The van der Waals surface area contributed by atoms with Crippen molar-refractivity contribution in [2.45, 2.75) is 19.9 Å². The van der Waals surface area contributed by atoms with Crippen LogP contribution >= 0.6 is 0 Å².